The van der Waals surface area contributed by atoms with E-state index < -0.39 is 11.7 Å². The maximum atomic E-state index is 13.6. The van der Waals surface area contributed by atoms with Crippen molar-refractivity contribution in [2.45, 2.75) is 26.4 Å². The van der Waals surface area contributed by atoms with Gasteiger partial charge in [-0.3, -0.25) is 4.79 Å². The maximum Gasteiger partial charge on any atom is 0.248 e. The van der Waals surface area contributed by atoms with Crippen molar-refractivity contribution in [3.8, 4) is 11.5 Å². The number of anilines is 1. The van der Waals surface area contributed by atoms with Gasteiger partial charge in [-0.05, 0) is 44.2 Å². The van der Waals surface area contributed by atoms with Crippen molar-refractivity contribution in [3.63, 3.8) is 0 Å². The van der Waals surface area contributed by atoms with Gasteiger partial charge in [0.1, 0.15) is 23.4 Å². The predicted molar refractivity (Wildman–Crippen MR) is 95.5 cm³/mol. The van der Waals surface area contributed by atoms with Gasteiger partial charge >= 0.3 is 0 Å². The summed E-state index contributed by atoms with van der Waals surface area (Å²) in [6.07, 6.45) is 3.98. The molecule has 2 aromatic rings. The Hall–Kier alpha value is -2.82. The summed E-state index contributed by atoms with van der Waals surface area (Å²) in [6, 6.07) is 9.87. The number of halogens is 1. The minimum absolute atomic E-state index is 0.132. The molecule has 0 saturated heterocycles. The summed E-state index contributed by atoms with van der Waals surface area (Å²) in [7, 11) is 0. The Kier molecular flexibility index (Phi) is 5.03. The van der Waals surface area contributed by atoms with Crippen LogP contribution in [0, 0.1) is 5.82 Å². The van der Waals surface area contributed by atoms with E-state index in [0.29, 0.717) is 12.4 Å². The van der Waals surface area contributed by atoms with E-state index in [0.717, 1.165) is 23.3 Å². The molecule has 3 rings (SSSR count). The molecule has 5 heteroatoms. The number of hydrogen-bond acceptors (Lipinski definition) is 3. The van der Waals surface area contributed by atoms with Gasteiger partial charge in [-0.15, -0.1) is 0 Å². The third-order valence-corrected chi connectivity index (χ3v) is 3.87. The monoisotopic (exact) mass is 341 g/mol. The first-order valence-corrected chi connectivity index (χ1v) is 8.26. The summed E-state index contributed by atoms with van der Waals surface area (Å²) in [5.74, 6) is 0.625. The molecular weight excluding hydrogens is 321 g/mol. The highest BCUT2D eigenvalue weighted by Crippen LogP contribution is 2.35. The molecular formula is C20H20FNO3. The van der Waals surface area contributed by atoms with E-state index in [9.17, 15) is 9.18 Å². The highest BCUT2D eigenvalue weighted by molar-refractivity contribution is 6.02. The maximum absolute atomic E-state index is 13.6. The van der Waals surface area contributed by atoms with Gasteiger partial charge in [0.05, 0.1) is 12.3 Å². The lowest BCUT2D eigenvalue weighted by atomic mass is 10.1. The Bertz CT molecular complexity index is 817. The van der Waals surface area contributed by atoms with Crippen LogP contribution in [0.15, 0.2) is 42.5 Å². The normalized spacial score (nSPS) is 15.7. The molecule has 1 N–H and O–H groups in total. The average Bonchev–Trinajstić information content (AvgIpc) is 2.94. The first-order valence-electron chi connectivity index (χ1n) is 8.26. The quantitative estimate of drug-likeness (QED) is 0.829. The molecule has 0 saturated carbocycles. The molecule has 4 nitrogen and oxygen atoms in total. The molecule has 1 amide bonds. The summed E-state index contributed by atoms with van der Waals surface area (Å²) in [4.78, 5) is 12.1. The second kappa shape index (κ2) is 7.38. The summed E-state index contributed by atoms with van der Waals surface area (Å²) in [6.45, 7) is 4.44. The van der Waals surface area contributed by atoms with Crippen LogP contribution in [0.25, 0.3) is 6.08 Å². The second-order valence-electron chi connectivity index (χ2n) is 5.87. The minimum Gasteiger partial charge on any atom is -0.493 e. The van der Waals surface area contributed by atoms with Crippen LogP contribution in [0.2, 0.25) is 0 Å². The first-order chi connectivity index (χ1) is 12.1. The van der Waals surface area contributed by atoms with Gasteiger partial charge in [0.15, 0.2) is 0 Å². The number of nitrogens with one attached hydrogen (secondary N) is 1. The van der Waals surface area contributed by atoms with Crippen LogP contribution in [0.5, 0.6) is 11.5 Å². The zero-order valence-corrected chi connectivity index (χ0v) is 14.2. The summed E-state index contributed by atoms with van der Waals surface area (Å²) in [5, 5.41) is 2.52. The standard InChI is InChI=1S/C20H20FNO3/c1-3-24-18-12-15-10-13(2)25-19(15)11-14(18)8-9-20(23)22-17-7-5-4-6-16(17)21/h4-9,11-13H,3,10H2,1-2H3,(H,22,23)/b9-8+. The fraction of sp³-hybridized carbons (Fsp3) is 0.250. The van der Waals surface area contributed by atoms with E-state index in [1.54, 1.807) is 18.2 Å². The molecule has 1 heterocycles. The zero-order chi connectivity index (χ0) is 17.8. The van der Waals surface area contributed by atoms with Crippen LogP contribution in [0.1, 0.15) is 25.0 Å². The number of carbonyl (C=O) groups excluding carboxylic acids is 1. The van der Waals surface area contributed by atoms with Gasteiger partial charge in [-0.2, -0.15) is 0 Å². The lowest BCUT2D eigenvalue weighted by molar-refractivity contribution is -0.111. The number of carbonyl (C=O) groups is 1. The van der Waals surface area contributed by atoms with Crippen molar-refractivity contribution in [1.82, 2.24) is 0 Å². The SMILES string of the molecule is CCOc1cc2c(cc1/C=C/C(=O)Nc1ccccc1F)OC(C)C2. The highest BCUT2D eigenvalue weighted by atomic mass is 19.1. The predicted octanol–water partition coefficient (Wildman–Crippen LogP) is 4.20. The van der Waals surface area contributed by atoms with E-state index >= 15 is 0 Å². The van der Waals surface area contributed by atoms with E-state index in [-0.39, 0.29) is 11.8 Å². The van der Waals surface area contributed by atoms with Gasteiger partial charge in [-0.1, -0.05) is 12.1 Å². The molecule has 0 radical (unpaired) electrons. The molecule has 0 spiro atoms. The number of ether oxygens (including phenoxy) is 2. The molecule has 25 heavy (non-hydrogen) atoms. The van der Waals surface area contributed by atoms with Crippen LogP contribution >= 0.6 is 0 Å². The van der Waals surface area contributed by atoms with Crippen LogP contribution in [-0.2, 0) is 11.2 Å². The lowest BCUT2D eigenvalue weighted by Gasteiger charge is -2.10. The van der Waals surface area contributed by atoms with Crippen molar-refractivity contribution in [1.29, 1.82) is 0 Å². The van der Waals surface area contributed by atoms with Crippen molar-refractivity contribution in [2.24, 2.45) is 0 Å². The smallest absolute Gasteiger partial charge is 0.248 e. The highest BCUT2D eigenvalue weighted by Gasteiger charge is 2.21. The molecule has 1 unspecified atom stereocenters. The molecule has 0 aromatic heterocycles. The number of rotatable bonds is 5. The van der Waals surface area contributed by atoms with Crippen molar-refractivity contribution in [2.75, 3.05) is 11.9 Å². The zero-order valence-electron chi connectivity index (χ0n) is 14.2. The molecule has 130 valence electrons. The van der Waals surface area contributed by atoms with Crippen LogP contribution in [0.4, 0.5) is 10.1 Å². The number of benzene rings is 2. The van der Waals surface area contributed by atoms with Gasteiger partial charge < -0.3 is 14.8 Å². The van der Waals surface area contributed by atoms with E-state index in [1.165, 1.54) is 18.2 Å². The third-order valence-electron chi connectivity index (χ3n) is 3.87. The van der Waals surface area contributed by atoms with Gasteiger partial charge in [0.25, 0.3) is 0 Å². The fourth-order valence-corrected chi connectivity index (χ4v) is 2.77. The van der Waals surface area contributed by atoms with Gasteiger partial charge in [0, 0.05) is 23.6 Å². The second-order valence-corrected chi connectivity index (χ2v) is 5.87. The largest absolute Gasteiger partial charge is 0.493 e. The Balaban J connectivity index is 1.79. The number of hydrogen-bond donors (Lipinski definition) is 1. The summed E-state index contributed by atoms with van der Waals surface area (Å²) in [5.41, 5.74) is 2.00. The Morgan fingerprint density at radius 3 is 2.96 bits per heavy atom. The minimum atomic E-state index is -0.473. The summed E-state index contributed by atoms with van der Waals surface area (Å²) < 4.78 is 25.0. The first kappa shape index (κ1) is 17.0. The molecule has 2 aromatic carbocycles. The lowest BCUT2D eigenvalue weighted by Crippen LogP contribution is -2.09. The molecule has 0 fully saturated rings. The third kappa shape index (κ3) is 3.99. The number of para-hydroxylation sites is 1. The van der Waals surface area contributed by atoms with E-state index in [1.807, 2.05) is 26.0 Å². The molecule has 0 aliphatic carbocycles. The average molecular weight is 341 g/mol. The molecule has 1 atom stereocenters. The molecule has 1 aliphatic rings. The van der Waals surface area contributed by atoms with Crippen LogP contribution in [0.3, 0.4) is 0 Å². The van der Waals surface area contributed by atoms with Gasteiger partial charge in [0.2, 0.25) is 5.91 Å². The molecule has 1 aliphatic heterocycles. The number of amides is 1. The Morgan fingerprint density at radius 2 is 2.20 bits per heavy atom. The topological polar surface area (TPSA) is 47.6 Å². The van der Waals surface area contributed by atoms with Crippen molar-refractivity contribution in [3.05, 3.63) is 59.4 Å². The summed E-state index contributed by atoms with van der Waals surface area (Å²) >= 11 is 0. The van der Waals surface area contributed by atoms with Crippen LogP contribution in [-0.4, -0.2) is 18.6 Å². The number of fused-ring (bicyclic) bond motifs is 1. The van der Waals surface area contributed by atoms with E-state index in [4.69, 9.17) is 9.47 Å². The Morgan fingerprint density at radius 1 is 1.40 bits per heavy atom. The molecule has 0 bridgehead atoms. The van der Waals surface area contributed by atoms with Crippen molar-refractivity contribution < 1.29 is 18.7 Å². The van der Waals surface area contributed by atoms with Crippen LogP contribution < -0.4 is 14.8 Å². The van der Waals surface area contributed by atoms with Gasteiger partial charge in [-0.25, -0.2) is 4.39 Å². The van der Waals surface area contributed by atoms with E-state index in [2.05, 4.69) is 5.32 Å². The fourth-order valence-electron chi connectivity index (χ4n) is 2.77. The van der Waals surface area contributed by atoms with Crippen molar-refractivity contribution >= 4 is 17.7 Å². The Labute approximate surface area is 146 Å².